The van der Waals surface area contributed by atoms with Gasteiger partial charge in [0.25, 0.3) is 0 Å². The summed E-state index contributed by atoms with van der Waals surface area (Å²) >= 11 is 3.59. The van der Waals surface area contributed by atoms with E-state index in [2.05, 4.69) is 52.1 Å². The second-order valence-corrected chi connectivity index (χ2v) is 5.50. The van der Waals surface area contributed by atoms with Crippen LogP contribution >= 0.6 is 15.9 Å². The molecule has 1 aromatic carbocycles. The molecule has 1 aliphatic carbocycles. The van der Waals surface area contributed by atoms with Gasteiger partial charge in [0.1, 0.15) is 0 Å². The number of hydrogen-bond acceptors (Lipinski definition) is 2. The number of hydrogen-bond donors (Lipinski definition) is 1. The predicted molar refractivity (Wildman–Crippen MR) is 71.2 cm³/mol. The van der Waals surface area contributed by atoms with Crippen molar-refractivity contribution in [3.8, 4) is 0 Å². The highest BCUT2D eigenvalue weighted by molar-refractivity contribution is 9.10. The third-order valence-electron chi connectivity index (χ3n) is 3.62. The van der Waals surface area contributed by atoms with Gasteiger partial charge in [0.05, 0.1) is 0 Å². The fourth-order valence-electron chi connectivity index (χ4n) is 2.42. The first kappa shape index (κ1) is 12.1. The number of nitrogens with two attached hydrogens (primary N) is 1. The van der Waals surface area contributed by atoms with Crippen LogP contribution in [-0.4, -0.2) is 24.5 Å². The third-order valence-corrected chi connectivity index (χ3v) is 4.40. The van der Waals surface area contributed by atoms with Crippen molar-refractivity contribution in [2.24, 2.45) is 11.7 Å². The number of nitrogens with zero attached hydrogens (tertiary/aromatic N) is 1. The molecule has 0 aromatic heterocycles. The summed E-state index contributed by atoms with van der Waals surface area (Å²) in [7, 11) is 2.20. The Bertz CT molecular complexity index is 352. The Labute approximate surface area is 106 Å². The molecule has 0 aliphatic heterocycles. The van der Waals surface area contributed by atoms with Gasteiger partial charge in [0.2, 0.25) is 0 Å². The first-order chi connectivity index (χ1) is 7.72. The summed E-state index contributed by atoms with van der Waals surface area (Å²) < 4.78 is 1.20. The van der Waals surface area contributed by atoms with Gasteiger partial charge in [0.15, 0.2) is 0 Å². The largest absolute Gasteiger partial charge is 0.330 e. The lowest BCUT2D eigenvalue weighted by Gasteiger charge is -2.42. The lowest BCUT2D eigenvalue weighted by atomic mass is 9.78. The van der Waals surface area contributed by atoms with Gasteiger partial charge < -0.3 is 5.73 Å². The summed E-state index contributed by atoms with van der Waals surface area (Å²) in [5.74, 6) is 0.701. The van der Waals surface area contributed by atoms with Crippen molar-refractivity contribution >= 4 is 15.9 Å². The van der Waals surface area contributed by atoms with Gasteiger partial charge in [-0.2, -0.15) is 0 Å². The molecular formula is C13H19BrN2. The molecule has 3 heteroatoms. The normalized spacial score (nSPS) is 24.5. The predicted octanol–water partition coefficient (Wildman–Crippen LogP) is 2.62. The summed E-state index contributed by atoms with van der Waals surface area (Å²) in [6.45, 7) is 1.83. The van der Waals surface area contributed by atoms with Crippen molar-refractivity contribution in [1.29, 1.82) is 0 Å². The van der Waals surface area contributed by atoms with Crippen LogP contribution in [0.5, 0.6) is 0 Å². The SMILES string of the molecule is CN(Cc1ccccc1Br)C1CCC1CN. The third kappa shape index (κ3) is 2.47. The zero-order chi connectivity index (χ0) is 11.5. The minimum absolute atomic E-state index is 0.678. The van der Waals surface area contributed by atoms with Crippen molar-refractivity contribution in [2.75, 3.05) is 13.6 Å². The molecule has 16 heavy (non-hydrogen) atoms. The first-order valence-corrected chi connectivity index (χ1v) is 6.65. The average Bonchev–Trinajstić information content (AvgIpc) is 2.20. The smallest absolute Gasteiger partial charge is 0.0244 e. The lowest BCUT2D eigenvalue weighted by Crippen LogP contribution is -2.47. The topological polar surface area (TPSA) is 29.3 Å². The van der Waals surface area contributed by atoms with E-state index in [1.807, 2.05) is 0 Å². The summed E-state index contributed by atoms with van der Waals surface area (Å²) in [6, 6.07) is 9.10. The standard InChI is InChI=1S/C13H19BrN2/c1-16(13-7-6-10(13)8-15)9-11-4-2-3-5-12(11)14/h2-5,10,13H,6-9,15H2,1H3. The van der Waals surface area contributed by atoms with Gasteiger partial charge >= 0.3 is 0 Å². The van der Waals surface area contributed by atoms with Crippen molar-refractivity contribution in [3.05, 3.63) is 34.3 Å². The van der Waals surface area contributed by atoms with Crippen molar-refractivity contribution in [1.82, 2.24) is 4.90 Å². The van der Waals surface area contributed by atoms with Crippen LogP contribution < -0.4 is 5.73 Å². The summed E-state index contributed by atoms with van der Waals surface area (Å²) in [5, 5.41) is 0. The Morgan fingerprint density at radius 3 is 2.69 bits per heavy atom. The highest BCUT2D eigenvalue weighted by atomic mass is 79.9. The lowest BCUT2D eigenvalue weighted by molar-refractivity contribution is 0.0836. The fraction of sp³-hybridized carbons (Fsp3) is 0.538. The molecule has 1 aromatic rings. The zero-order valence-corrected chi connectivity index (χ0v) is 11.3. The minimum atomic E-state index is 0.678. The van der Waals surface area contributed by atoms with E-state index in [9.17, 15) is 0 Å². The molecule has 2 N–H and O–H groups in total. The molecular weight excluding hydrogens is 264 g/mol. The van der Waals surface area contributed by atoms with Gasteiger partial charge in [-0.05, 0) is 44.0 Å². The Kier molecular flexibility index (Phi) is 4.00. The maximum atomic E-state index is 5.75. The van der Waals surface area contributed by atoms with Crippen molar-refractivity contribution < 1.29 is 0 Å². The Hall–Kier alpha value is -0.380. The maximum absolute atomic E-state index is 5.75. The number of halogens is 1. The average molecular weight is 283 g/mol. The van der Waals surface area contributed by atoms with Gasteiger partial charge in [-0.25, -0.2) is 0 Å². The van der Waals surface area contributed by atoms with Gasteiger partial charge in [-0.3, -0.25) is 4.90 Å². The van der Waals surface area contributed by atoms with Gasteiger partial charge in [0, 0.05) is 17.1 Å². The molecule has 0 spiro atoms. The monoisotopic (exact) mass is 282 g/mol. The Morgan fingerprint density at radius 2 is 2.12 bits per heavy atom. The molecule has 1 saturated carbocycles. The molecule has 0 bridgehead atoms. The Balaban J connectivity index is 1.97. The van der Waals surface area contributed by atoms with Crippen LogP contribution in [0.1, 0.15) is 18.4 Å². The van der Waals surface area contributed by atoms with Gasteiger partial charge in [-0.15, -0.1) is 0 Å². The van der Waals surface area contributed by atoms with Crippen LogP contribution in [0.25, 0.3) is 0 Å². The summed E-state index contributed by atoms with van der Waals surface area (Å²) in [6.07, 6.45) is 2.59. The number of benzene rings is 1. The molecule has 0 radical (unpaired) electrons. The van der Waals surface area contributed by atoms with Crippen LogP contribution in [0.2, 0.25) is 0 Å². The van der Waals surface area contributed by atoms with Crippen LogP contribution in [-0.2, 0) is 6.54 Å². The molecule has 0 heterocycles. The van der Waals surface area contributed by atoms with E-state index < -0.39 is 0 Å². The van der Waals surface area contributed by atoms with Crippen molar-refractivity contribution in [2.45, 2.75) is 25.4 Å². The van der Waals surface area contributed by atoms with Crippen LogP contribution in [0, 0.1) is 5.92 Å². The van der Waals surface area contributed by atoms with Gasteiger partial charge in [-0.1, -0.05) is 34.1 Å². The summed E-state index contributed by atoms with van der Waals surface area (Å²) in [5.41, 5.74) is 7.10. The van der Waals surface area contributed by atoms with E-state index in [0.717, 1.165) is 13.1 Å². The molecule has 1 fully saturated rings. The van der Waals surface area contributed by atoms with E-state index in [-0.39, 0.29) is 0 Å². The van der Waals surface area contributed by atoms with Crippen molar-refractivity contribution in [3.63, 3.8) is 0 Å². The zero-order valence-electron chi connectivity index (χ0n) is 9.70. The minimum Gasteiger partial charge on any atom is -0.330 e. The molecule has 1 aliphatic rings. The summed E-state index contributed by atoms with van der Waals surface area (Å²) in [4.78, 5) is 2.43. The van der Waals surface area contributed by atoms with E-state index in [1.54, 1.807) is 0 Å². The van der Waals surface area contributed by atoms with E-state index in [1.165, 1.54) is 22.9 Å². The molecule has 2 rings (SSSR count). The van der Waals surface area contributed by atoms with E-state index in [0.29, 0.717) is 12.0 Å². The molecule has 88 valence electrons. The van der Waals surface area contributed by atoms with E-state index in [4.69, 9.17) is 5.73 Å². The highest BCUT2D eigenvalue weighted by Gasteiger charge is 2.32. The Morgan fingerprint density at radius 1 is 1.38 bits per heavy atom. The molecule has 0 amide bonds. The van der Waals surface area contributed by atoms with Crippen LogP contribution in [0.3, 0.4) is 0 Å². The first-order valence-electron chi connectivity index (χ1n) is 5.86. The molecule has 2 unspecified atom stereocenters. The quantitative estimate of drug-likeness (QED) is 0.920. The number of rotatable bonds is 4. The van der Waals surface area contributed by atoms with Crippen LogP contribution in [0.15, 0.2) is 28.7 Å². The molecule has 2 nitrogen and oxygen atoms in total. The second kappa shape index (κ2) is 5.30. The second-order valence-electron chi connectivity index (χ2n) is 4.65. The molecule has 0 saturated heterocycles. The van der Waals surface area contributed by atoms with E-state index >= 15 is 0 Å². The van der Waals surface area contributed by atoms with Crippen LogP contribution in [0.4, 0.5) is 0 Å². The highest BCUT2D eigenvalue weighted by Crippen LogP contribution is 2.31. The fourth-order valence-corrected chi connectivity index (χ4v) is 2.83. The molecule has 2 atom stereocenters. The maximum Gasteiger partial charge on any atom is 0.0244 e.